The highest BCUT2D eigenvalue weighted by Crippen LogP contribution is 2.43. The Hall–Kier alpha value is -1.59. The van der Waals surface area contributed by atoms with Crippen molar-refractivity contribution in [1.82, 2.24) is 4.90 Å². The number of carboxylic acid groups (broad SMARTS) is 1. The van der Waals surface area contributed by atoms with Crippen molar-refractivity contribution in [1.29, 1.82) is 0 Å². The summed E-state index contributed by atoms with van der Waals surface area (Å²) in [4.78, 5) is 26.1. The maximum Gasteiger partial charge on any atom is 0.328 e. The molecule has 1 aromatic rings. The van der Waals surface area contributed by atoms with Gasteiger partial charge in [0.1, 0.15) is 5.72 Å². The zero-order valence-corrected chi connectivity index (χ0v) is 13.8. The maximum atomic E-state index is 13.0. The van der Waals surface area contributed by atoms with Crippen LogP contribution in [0.5, 0.6) is 0 Å². The first-order chi connectivity index (χ1) is 10.9. The van der Waals surface area contributed by atoms with Gasteiger partial charge < -0.3 is 9.84 Å². The molecular weight excluding hydrogens is 318 g/mol. The summed E-state index contributed by atoms with van der Waals surface area (Å²) in [6.45, 7) is 2.19. The van der Waals surface area contributed by atoms with E-state index in [0.717, 1.165) is 12.8 Å². The summed E-state index contributed by atoms with van der Waals surface area (Å²) >= 11 is 6.14. The number of rotatable bonds is 2. The van der Waals surface area contributed by atoms with Gasteiger partial charge in [-0.2, -0.15) is 0 Å². The number of halogens is 1. The summed E-state index contributed by atoms with van der Waals surface area (Å²) in [5.41, 5.74) is -0.491. The standard InChI is InChI=1S/C17H20ClNO4/c1-11-6-8-17(9-7-11)19(14(10-23-17)16(21)22)15(20)12-4-2-3-5-13(12)18/h2-5,11,14H,6-10H2,1H3,(H,21,22)/t11?,14-,17?/m0/s1. The maximum absolute atomic E-state index is 13.0. The van der Waals surface area contributed by atoms with E-state index in [1.807, 2.05) is 0 Å². The second kappa shape index (κ2) is 6.13. The highest BCUT2D eigenvalue weighted by Gasteiger charge is 2.53. The summed E-state index contributed by atoms with van der Waals surface area (Å²) in [7, 11) is 0. The van der Waals surface area contributed by atoms with E-state index >= 15 is 0 Å². The van der Waals surface area contributed by atoms with Crippen molar-refractivity contribution in [2.45, 2.75) is 44.4 Å². The van der Waals surface area contributed by atoms with E-state index in [2.05, 4.69) is 6.92 Å². The van der Waals surface area contributed by atoms with Crippen LogP contribution in [-0.2, 0) is 9.53 Å². The summed E-state index contributed by atoms with van der Waals surface area (Å²) in [5.74, 6) is -0.846. The Kier molecular flexibility index (Phi) is 4.34. The van der Waals surface area contributed by atoms with Crippen molar-refractivity contribution < 1.29 is 19.4 Å². The molecule has 0 unspecified atom stereocenters. The molecule has 124 valence electrons. The van der Waals surface area contributed by atoms with Crippen molar-refractivity contribution >= 4 is 23.5 Å². The van der Waals surface area contributed by atoms with Crippen molar-refractivity contribution in [2.24, 2.45) is 5.92 Å². The third kappa shape index (κ3) is 2.83. The number of aliphatic carboxylic acids is 1. The van der Waals surface area contributed by atoms with Crippen LogP contribution >= 0.6 is 11.6 Å². The Labute approximate surface area is 140 Å². The number of carbonyl (C=O) groups excluding carboxylic acids is 1. The second-order valence-corrected chi connectivity index (χ2v) is 6.86. The normalized spacial score (nSPS) is 30.6. The fourth-order valence-corrected chi connectivity index (χ4v) is 3.75. The molecule has 6 heteroatoms. The predicted octanol–water partition coefficient (Wildman–Crippen LogP) is 3.17. The predicted molar refractivity (Wildman–Crippen MR) is 85.4 cm³/mol. The first-order valence-electron chi connectivity index (χ1n) is 7.89. The molecule has 23 heavy (non-hydrogen) atoms. The van der Waals surface area contributed by atoms with Gasteiger partial charge in [-0.3, -0.25) is 9.69 Å². The van der Waals surface area contributed by atoms with Gasteiger partial charge in [-0.15, -0.1) is 0 Å². The Morgan fingerprint density at radius 2 is 1.96 bits per heavy atom. The molecule has 5 nitrogen and oxygen atoms in total. The molecule has 1 amide bonds. The van der Waals surface area contributed by atoms with E-state index in [4.69, 9.17) is 16.3 Å². The van der Waals surface area contributed by atoms with Gasteiger partial charge in [-0.1, -0.05) is 30.7 Å². The van der Waals surface area contributed by atoms with Crippen LogP contribution in [-0.4, -0.2) is 40.3 Å². The van der Waals surface area contributed by atoms with Gasteiger partial charge in [0.05, 0.1) is 17.2 Å². The van der Waals surface area contributed by atoms with Crippen LogP contribution in [0.4, 0.5) is 0 Å². The number of carboxylic acids is 1. The fraction of sp³-hybridized carbons (Fsp3) is 0.529. The monoisotopic (exact) mass is 337 g/mol. The van der Waals surface area contributed by atoms with Crippen LogP contribution in [0.15, 0.2) is 24.3 Å². The van der Waals surface area contributed by atoms with Crippen molar-refractivity contribution in [2.75, 3.05) is 6.61 Å². The van der Waals surface area contributed by atoms with E-state index in [-0.39, 0.29) is 12.5 Å². The van der Waals surface area contributed by atoms with Crippen LogP contribution in [0.25, 0.3) is 0 Å². The molecule has 1 aliphatic heterocycles. The van der Waals surface area contributed by atoms with Crippen LogP contribution in [0.1, 0.15) is 43.0 Å². The molecule has 2 aliphatic rings. The molecule has 1 spiro atoms. The quantitative estimate of drug-likeness (QED) is 0.900. The Morgan fingerprint density at radius 3 is 2.57 bits per heavy atom. The molecule has 1 heterocycles. The molecule has 1 N–H and O–H groups in total. The first kappa shape index (κ1) is 16.3. The fourth-order valence-electron chi connectivity index (χ4n) is 3.53. The average molecular weight is 338 g/mol. The van der Waals surface area contributed by atoms with Gasteiger partial charge in [0, 0.05) is 0 Å². The molecule has 0 bridgehead atoms. The van der Waals surface area contributed by atoms with E-state index in [1.165, 1.54) is 4.90 Å². The van der Waals surface area contributed by atoms with Gasteiger partial charge in [0.15, 0.2) is 6.04 Å². The van der Waals surface area contributed by atoms with Crippen molar-refractivity contribution in [3.8, 4) is 0 Å². The number of carbonyl (C=O) groups is 2. The average Bonchev–Trinajstić information content (AvgIpc) is 2.90. The smallest absolute Gasteiger partial charge is 0.328 e. The third-order valence-electron chi connectivity index (χ3n) is 4.92. The van der Waals surface area contributed by atoms with Gasteiger partial charge in [0.2, 0.25) is 0 Å². The van der Waals surface area contributed by atoms with Crippen LogP contribution < -0.4 is 0 Å². The third-order valence-corrected chi connectivity index (χ3v) is 5.25. The van der Waals surface area contributed by atoms with Crippen molar-refractivity contribution in [3.05, 3.63) is 34.9 Å². The molecule has 1 saturated carbocycles. The lowest BCUT2D eigenvalue weighted by Crippen LogP contribution is -2.55. The summed E-state index contributed by atoms with van der Waals surface area (Å²) in [5, 5.41) is 9.83. The minimum absolute atomic E-state index is 0.0277. The molecule has 0 radical (unpaired) electrons. The van der Waals surface area contributed by atoms with E-state index in [9.17, 15) is 14.7 Å². The van der Waals surface area contributed by atoms with Crippen molar-refractivity contribution in [3.63, 3.8) is 0 Å². The number of benzene rings is 1. The number of amides is 1. The molecule has 1 saturated heterocycles. The van der Waals surface area contributed by atoms with Crippen LogP contribution in [0.3, 0.4) is 0 Å². The summed E-state index contributed by atoms with van der Waals surface area (Å²) in [6, 6.07) is 5.76. The highest BCUT2D eigenvalue weighted by molar-refractivity contribution is 6.33. The van der Waals surface area contributed by atoms with E-state index < -0.39 is 17.7 Å². The largest absolute Gasteiger partial charge is 0.480 e. The molecule has 3 rings (SSSR count). The minimum atomic E-state index is -1.04. The number of hydrogen-bond donors (Lipinski definition) is 1. The lowest BCUT2D eigenvalue weighted by atomic mass is 9.83. The molecule has 1 aliphatic carbocycles. The molecule has 1 atom stereocenters. The molecular formula is C17H20ClNO4. The van der Waals surface area contributed by atoms with Crippen LogP contribution in [0.2, 0.25) is 5.02 Å². The number of ether oxygens (including phenoxy) is 1. The van der Waals surface area contributed by atoms with Gasteiger partial charge in [0.25, 0.3) is 5.91 Å². The van der Waals surface area contributed by atoms with Gasteiger partial charge in [-0.05, 0) is 43.7 Å². The van der Waals surface area contributed by atoms with Gasteiger partial charge in [-0.25, -0.2) is 4.79 Å². The number of hydrogen-bond acceptors (Lipinski definition) is 3. The Morgan fingerprint density at radius 1 is 1.30 bits per heavy atom. The van der Waals surface area contributed by atoms with E-state index in [1.54, 1.807) is 24.3 Å². The lowest BCUT2D eigenvalue weighted by molar-refractivity contribution is -0.143. The SMILES string of the molecule is CC1CCC2(CC1)OC[C@@H](C(=O)O)N2C(=O)c1ccccc1Cl. The number of nitrogens with zero attached hydrogens (tertiary/aromatic N) is 1. The minimum Gasteiger partial charge on any atom is -0.480 e. The molecule has 0 aromatic heterocycles. The highest BCUT2D eigenvalue weighted by atomic mass is 35.5. The summed E-state index contributed by atoms with van der Waals surface area (Å²) < 4.78 is 5.88. The van der Waals surface area contributed by atoms with E-state index in [0.29, 0.717) is 29.3 Å². The van der Waals surface area contributed by atoms with Crippen LogP contribution in [0, 0.1) is 5.92 Å². The Bertz CT molecular complexity index is 625. The Balaban J connectivity index is 1.98. The molecule has 1 aromatic carbocycles. The second-order valence-electron chi connectivity index (χ2n) is 6.45. The van der Waals surface area contributed by atoms with Gasteiger partial charge >= 0.3 is 5.97 Å². The zero-order valence-electron chi connectivity index (χ0n) is 13.0. The topological polar surface area (TPSA) is 66.8 Å². The lowest BCUT2D eigenvalue weighted by Gasteiger charge is -2.42. The zero-order chi connectivity index (χ0) is 16.6. The molecule has 2 fully saturated rings. The summed E-state index contributed by atoms with van der Waals surface area (Å²) in [6.07, 6.45) is 3.15. The first-order valence-corrected chi connectivity index (χ1v) is 8.27.